The fraction of sp³-hybridized carbons (Fsp3) is 0.355. The smallest absolute Gasteiger partial charge is 0.244 e. The van der Waals surface area contributed by atoms with E-state index < -0.39 is 28.5 Å². The molecule has 0 aliphatic heterocycles. The molecule has 0 spiro atoms. The van der Waals surface area contributed by atoms with Gasteiger partial charge in [0.2, 0.25) is 21.8 Å². The maximum atomic E-state index is 13.6. The van der Waals surface area contributed by atoms with Crippen LogP contribution in [0, 0.1) is 0 Å². The van der Waals surface area contributed by atoms with Gasteiger partial charge in [-0.2, -0.15) is 0 Å². The lowest BCUT2D eigenvalue weighted by Gasteiger charge is -2.32. The van der Waals surface area contributed by atoms with Gasteiger partial charge in [0.05, 0.1) is 11.9 Å². The zero-order valence-electron chi connectivity index (χ0n) is 23.6. The van der Waals surface area contributed by atoms with Gasteiger partial charge >= 0.3 is 0 Å². The highest BCUT2D eigenvalue weighted by atomic mass is 32.2. The first-order chi connectivity index (χ1) is 19.1. The van der Waals surface area contributed by atoms with Gasteiger partial charge in [-0.15, -0.1) is 0 Å². The number of carbonyl (C=O) groups is 2. The van der Waals surface area contributed by atoms with Gasteiger partial charge in [-0.1, -0.05) is 67.6 Å². The monoisotopic (exact) mass is 565 g/mol. The normalized spacial score (nSPS) is 12.7. The summed E-state index contributed by atoms with van der Waals surface area (Å²) in [5, 5.41) is 2.93. The molecule has 0 saturated carbocycles. The van der Waals surface area contributed by atoms with Crippen LogP contribution in [0.5, 0.6) is 5.75 Å². The summed E-state index contributed by atoms with van der Waals surface area (Å²) in [4.78, 5) is 28.1. The maximum Gasteiger partial charge on any atom is 0.244 e. The Labute approximate surface area is 238 Å². The third-order valence-electron chi connectivity index (χ3n) is 6.70. The summed E-state index contributed by atoms with van der Waals surface area (Å²) in [5.41, 5.74) is 2.36. The third kappa shape index (κ3) is 9.12. The lowest BCUT2D eigenvalue weighted by molar-refractivity contribution is -0.139. The minimum atomic E-state index is -3.81. The lowest BCUT2D eigenvalue weighted by Crippen LogP contribution is -2.53. The summed E-state index contributed by atoms with van der Waals surface area (Å²) in [6.07, 6.45) is 2.34. The quantitative estimate of drug-likeness (QED) is 0.313. The molecule has 0 aliphatic rings. The molecule has 0 radical (unpaired) electrons. The largest absolute Gasteiger partial charge is 0.489 e. The first-order valence-corrected chi connectivity index (χ1v) is 15.3. The molecule has 2 unspecified atom stereocenters. The Bertz CT molecular complexity index is 1330. The Balaban J connectivity index is 1.78. The molecule has 0 heterocycles. The van der Waals surface area contributed by atoms with E-state index >= 15 is 0 Å². The molecular weight excluding hydrogens is 526 g/mol. The van der Waals surface area contributed by atoms with Gasteiger partial charge < -0.3 is 15.0 Å². The summed E-state index contributed by atoms with van der Waals surface area (Å²) < 4.78 is 32.5. The van der Waals surface area contributed by atoms with Crippen LogP contribution < -0.4 is 14.4 Å². The number of ether oxygens (including phenoxy) is 1. The van der Waals surface area contributed by atoms with Crippen molar-refractivity contribution in [1.82, 2.24) is 10.2 Å². The Morgan fingerprint density at radius 1 is 0.875 bits per heavy atom. The second-order valence-electron chi connectivity index (χ2n) is 9.85. The van der Waals surface area contributed by atoms with Gasteiger partial charge in [-0.3, -0.25) is 13.9 Å². The number of hydrogen-bond acceptors (Lipinski definition) is 5. The minimum Gasteiger partial charge on any atom is -0.489 e. The summed E-state index contributed by atoms with van der Waals surface area (Å²) in [6, 6.07) is 25.1. The van der Waals surface area contributed by atoms with E-state index in [0.29, 0.717) is 24.5 Å². The van der Waals surface area contributed by atoms with Gasteiger partial charge in [-0.05, 0) is 62.1 Å². The Hall–Kier alpha value is -3.85. The summed E-state index contributed by atoms with van der Waals surface area (Å²) in [6.45, 7) is 5.75. The number of hydrogen-bond donors (Lipinski definition) is 1. The van der Waals surface area contributed by atoms with Crippen molar-refractivity contribution in [3.63, 3.8) is 0 Å². The number of carbonyl (C=O) groups excluding carboxylic acids is 2. The molecule has 3 aromatic carbocycles. The number of sulfonamides is 1. The van der Waals surface area contributed by atoms with Crippen LogP contribution in [0.1, 0.15) is 38.3 Å². The number of nitrogens with one attached hydrogen (secondary N) is 1. The second-order valence-corrected chi connectivity index (χ2v) is 11.8. The second kappa shape index (κ2) is 14.5. The van der Waals surface area contributed by atoms with E-state index in [1.165, 1.54) is 4.90 Å². The Morgan fingerprint density at radius 3 is 2.00 bits per heavy atom. The fourth-order valence-electron chi connectivity index (χ4n) is 4.10. The lowest BCUT2D eigenvalue weighted by atomic mass is 10.1. The number of rotatable bonds is 14. The van der Waals surface area contributed by atoms with Crippen molar-refractivity contribution in [2.75, 3.05) is 23.7 Å². The molecule has 0 fully saturated rings. The molecule has 9 heteroatoms. The predicted molar refractivity (Wildman–Crippen MR) is 159 cm³/mol. The standard InChI is InChI=1S/C31H39N3O5S/c1-5-24(2)32-31(36)25(3)33(21-20-26-12-8-6-9-13-26)30(35)22-34(40(4,37)38)28-16-18-29(19-17-28)39-23-27-14-10-7-11-15-27/h6-19,24-25H,5,20-23H2,1-4H3,(H,32,36). The molecule has 1 N–H and O–H groups in total. The highest BCUT2D eigenvalue weighted by molar-refractivity contribution is 7.92. The molecule has 3 aromatic rings. The molecule has 8 nitrogen and oxygen atoms in total. The SMILES string of the molecule is CCC(C)NC(=O)C(C)N(CCc1ccccc1)C(=O)CN(c1ccc(OCc2ccccc2)cc1)S(C)(=O)=O. The van der Waals surface area contributed by atoms with Crippen LogP contribution in [0.15, 0.2) is 84.9 Å². The van der Waals surface area contributed by atoms with Crippen LogP contribution in [0.2, 0.25) is 0 Å². The van der Waals surface area contributed by atoms with Crippen LogP contribution in [0.3, 0.4) is 0 Å². The molecule has 40 heavy (non-hydrogen) atoms. The van der Waals surface area contributed by atoms with Gasteiger partial charge in [0.25, 0.3) is 0 Å². The minimum absolute atomic E-state index is 0.0452. The molecule has 2 atom stereocenters. The van der Waals surface area contributed by atoms with E-state index in [-0.39, 0.29) is 18.5 Å². The average molecular weight is 566 g/mol. The van der Waals surface area contributed by atoms with Gasteiger partial charge in [0, 0.05) is 12.6 Å². The van der Waals surface area contributed by atoms with Crippen LogP contribution in [0.25, 0.3) is 0 Å². The van der Waals surface area contributed by atoms with Gasteiger partial charge in [-0.25, -0.2) is 8.42 Å². The van der Waals surface area contributed by atoms with E-state index in [1.807, 2.05) is 74.5 Å². The van der Waals surface area contributed by atoms with E-state index in [1.54, 1.807) is 31.2 Å². The van der Waals surface area contributed by atoms with Crippen molar-refractivity contribution in [2.24, 2.45) is 0 Å². The van der Waals surface area contributed by atoms with Crippen LogP contribution >= 0.6 is 0 Å². The molecule has 0 aromatic heterocycles. The first-order valence-electron chi connectivity index (χ1n) is 13.5. The molecule has 2 amide bonds. The van der Waals surface area contributed by atoms with Crippen molar-refractivity contribution in [2.45, 2.75) is 52.3 Å². The van der Waals surface area contributed by atoms with E-state index in [2.05, 4.69) is 5.32 Å². The summed E-state index contributed by atoms with van der Waals surface area (Å²) in [5.74, 6) is -0.161. The molecule has 214 valence electrons. The molecular formula is C31H39N3O5S. The summed E-state index contributed by atoms with van der Waals surface area (Å²) >= 11 is 0. The van der Waals surface area contributed by atoms with Gasteiger partial charge in [0.1, 0.15) is 24.9 Å². The van der Waals surface area contributed by atoms with E-state index in [0.717, 1.165) is 28.1 Å². The van der Waals surface area contributed by atoms with Crippen LogP contribution in [0.4, 0.5) is 5.69 Å². The zero-order valence-corrected chi connectivity index (χ0v) is 24.4. The van der Waals surface area contributed by atoms with Crippen molar-refractivity contribution in [3.8, 4) is 5.75 Å². The Morgan fingerprint density at radius 2 is 1.45 bits per heavy atom. The predicted octanol–water partition coefficient (Wildman–Crippen LogP) is 4.41. The first kappa shape index (κ1) is 30.7. The number of anilines is 1. The van der Waals surface area contributed by atoms with Crippen molar-refractivity contribution in [1.29, 1.82) is 0 Å². The van der Waals surface area contributed by atoms with Crippen molar-refractivity contribution < 1.29 is 22.7 Å². The highest BCUT2D eigenvalue weighted by Gasteiger charge is 2.30. The summed E-state index contributed by atoms with van der Waals surface area (Å²) in [7, 11) is -3.81. The third-order valence-corrected chi connectivity index (χ3v) is 7.85. The van der Waals surface area contributed by atoms with Crippen molar-refractivity contribution in [3.05, 3.63) is 96.1 Å². The van der Waals surface area contributed by atoms with Gasteiger partial charge in [0.15, 0.2) is 0 Å². The zero-order chi connectivity index (χ0) is 29.1. The number of benzene rings is 3. The number of amides is 2. The van der Waals surface area contributed by atoms with E-state index in [9.17, 15) is 18.0 Å². The van der Waals surface area contributed by atoms with E-state index in [4.69, 9.17) is 4.74 Å². The topological polar surface area (TPSA) is 96.0 Å². The average Bonchev–Trinajstić information content (AvgIpc) is 2.95. The highest BCUT2D eigenvalue weighted by Crippen LogP contribution is 2.23. The molecule has 0 aliphatic carbocycles. The van der Waals surface area contributed by atoms with Crippen molar-refractivity contribution >= 4 is 27.5 Å². The number of nitrogens with zero attached hydrogens (tertiary/aromatic N) is 2. The molecule has 0 saturated heterocycles. The van der Waals surface area contributed by atoms with Crippen LogP contribution in [-0.2, 0) is 32.6 Å². The maximum absolute atomic E-state index is 13.6. The van der Waals surface area contributed by atoms with Crippen LogP contribution in [-0.4, -0.2) is 56.6 Å². The molecule has 0 bridgehead atoms. The Kier molecular flexibility index (Phi) is 11.1. The fourth-order valence-corrected chi connectivity index (χ4v) is 4.95. The molecule has 3 rings (SSSR count).